The van der Waals surface area contributed by atoms with Gasteiger partial charge in [0.2, 0.25) is 5.91 Å². The lowest BCUT2D eigenvalue weighted by molar-refractivity contribution is -0.131. The number of likely N-dealkylation sites (tertiary alicyclic amines) is 1. The maximum absolute atomic E-state index is 12.5. The average Bonchev–Trinajstić information content (AvgIpc) is 2.87. The molecule has 23 heavy (non-hydrogen) atoms. The number of nitrogens with two attached hydrogens (primary N) is 1. The lowest BCUT2D eigenvalue weighted by Crippen LogP contribution is -2.33. The fourth-order valence-electron chi connectivity index (χ4n) is 3.28. The number of rotatable bonds is 3. The van der Waals surface area contributed by atoms with Gasteiger partial charge in [0.05, 0.1) is 0 Å². The lowest BCUT2D eigenvalue weighted by atomic mass is 10.1. The quantitative estimate of drug-likeness (QED) is 0.913. The summed E-state index contributed by atoms with van der Waals surface area (Å²) in [5.74, 6) is 0.813. The molecule has 2 aromatic heterocycles. The highest BCUT2D eigenvalue weighted by Crippen LogP contribution is 2.16. The van der Waals surface area contributed by atoms with Gasteiger partial charge in [0.25, 0.3) is 5.78 Å². The van der Waals surface area contributed by atoms with Gasteiger partial charge in [0.1, 0.15) is 6.33 Å². The number of hydrogen-bond acceptors (Lipinski definition) is 5. The molecule has 1 fully saturated rings. The Morgan fingerprint density at radius 3 is 3.00 bits per heavy atom. The van der Waals surface area contributed by atoms with Crippen LogP contribution in [0.5, 0.6) is 0 Å². The van der Waals surface area contributed by atoms with Crippen LogP contribution in [0.3, 0.4) is 0 Å². The standard InChI is InChI=1S/C16H24N6O/c1-11-14(12(2)22-16(20-11)18-10-19-22)5-6-15(23)21-8-3-4-13(17)7-9-21/h10,13H,3-9,17H2,1-2H3/t13-/m1/s1. The molecule has 2 aromatic rings. The van der Waals surface area contributed by atoms with Gasteiger partial charge in [-0.15, -0.1) is 0 Å². The fourth-order valence-corrected chi connectivity index (χ4v) is 3.28. The van der Waals surface area contributed by atoms with Crippen LogP contribution in [0.1, 0.15) is 42.6 Å². The molecule has 1 aliphatic heterocycles. The van der Waals surface area contributed by atoms with E-state index >= 15 is 0 Å². The molecule has 0 unspecified atom stereocenters. The number of aryl methyl sites for hydroxylation is 2. The molecule has 0 aliphatic carbocycles. The Morgan fingerprint density at radius 2 is 2.17 bits per heavy atom. The molecule has 1 amide bonds. The van der Waals surface area contributed by atoms with E-state index in [9.17, 15) is 4.79 Å². The first-order valence-electron chi connectivity index (χ1n) is 8.25. The van der Waals surface area contributed by atoms with Gasteiger partial charge in [-0.1, -0.05) is 0 Å². The Morgan fingerprint density at radius 1 is 1.35 bits per heavy atom. The number of hydrogen-bond donors (Lipinski definition) is 1. The van der Waals surface area contributed by atoms with Crippen LogP contribution in [-0.4, -0.2) is 49.5 Å². The van der Waals surface area contributed by atoms with Crippen molar-refractivity contribution in [2.75, 3.05) is 13.1 Å². The van der Waals surface area contributed by atoms with Gasteiger partial charge >= 0.3 is 0 Å². The summed E-state index contributed by atoms with van der Waals surface area (Å²) in [6.45, 7) is 5.57. The second-order valence-corrected chi connectivity index (χ2v) is 6.30. The molecular formula is C16H24N6O. The third-order valence-electron chi connectivity index (χ3n) is 4.70. The second kappa shape index (κ2) is 6.62. The minimum Gasteiger partial charge on any atom is -0.343 e. The first-order valence-corrected chi connectivity index (χ1v) is 8.25. The second-order valence-electron chi connectivity index (χ2n) is 6.30. The zero-order valence-corrected chi connectivity index (χ0v) is 13.8. The van der Waals surface area contributed by atoms with Crippen LogP contribution in [0.15, 0.2) is 6.33 Å². The van der Waals surface area contributed by atoms with Crippen molar-refractivity contribution in [1.82, 2.24) is 24.5 Å². The van der Waals surface area contributed by atoms with Crippen molar-refractivity contribution in [3.05, 3.63) is 23.3 Å². The number of carbonyl (C=O) groups excluding carboxylic acids is 1. The van der Waals surface area contributed by atoms with Crippen molar-refractivity contribution >= 4 is 11.7 Å². The molecule has 124 valence electrons. The molecule has 1 saturated heterocycles. The molecule has 3 rings (SSSR count). The van der Waals surface area contributed by atoms with Crippen LogP contribution in [0, 0.1) is 13.8 Å². The Hall–Kier alpha value is -2.02. The van der Waals surface area contributed by atoms with E-state index in [4.69, 9.17) is 5.73 Å². The molecule has 0 radical (unpaired) electrons. The van der Waals surface area contributed by atoms with E-state index < -0.39 is 0 Å². The van der Waals surface area contributed by atoms with Crippen LogP contribution in [0.25, 0.3) is 5.78 Å². The Labute approximate surface area is 135 Å². The number of carbonyl (C=O) groups is 1. The first-order chi connectivity index (χ1) is 11.1. The molecule has 2 N–H and O–H groups in total. The molecule has 7 heteroatoms. The summed E-state index contributed by atoms with van der Waals surface area (Å²) in [7, 11) is 0. The Kier molecular flexibility index (Phi) is 4.56. The van der Waals surface area contributed by atoms with E-state index in [1.165, 1.54) is 6.33 Å². The van der Waals surface area contributed by atoms with Gasteiger partial charge < -0.3 is 10.6 Å². The van der Waals surface area contributed by atoms with E-state index in [-0.39, 0.29) is 11.9 Å². The van der Waals surface area contributed by atoms with Crippen molar-refractivity contribution in [3.8, 4) is 0 Å². The van der Waals surface area contributed by atoms with Crippen molar-refractivity contribution in [2.24, 2.45) is 5.73 Å². The van der Waals surface area contributed by atoms with Gasteiger partial charge in [-0.3, -0.25) is 4.79 Å². The van der Waals surface area contributed by atoms with Crippen molar-refractivity contribution in [1.29, 1.82) is 0 Å². The smallest absolute Gasteiger partial charge is 0.252 e. The summed E-state index contributed by atoms with van der Waals surface area (Å²) in [4.78, 5) is 23.0. The zero-order chi connectivity index (χ0) is 16.4. The molecule has 1 atom stereocenters. The van der Waals surface area contributed by atoms with Crippen LogP contribution in [-0.2, 0) is 11.2 Å². The average molecular weight is 316 g/mol. The van der Waals surface area contributed by atoms with E-state index in [1.54, 1.807) is 4.52 Å². The lowest BCUT2D eigenvalue weighted by Gasteiger charge is -2.21. The van der Waals surface area contributed by atoms with Crippen LogP contribution >= 0.6 is 0 Å². The molecule has 0 spiro atoms. The third kappa shape index (κ3) is 3.34. The predicted molar refractivity (Wildman–Crippen MR) is 87.0 cm³/mol. The maximum Gasteiger partial charge on any atom is 0.252 e. The molecule has 0 bridgehead atoms. The zero-order valence-electron chi connectivity index (χ0n) is 13.8. The summed E-state index contributed by atoms with van der Waals surface area (Å²) in [5.41, 5.74) is 9.00. The maximum atomic E-state index is 12.5. The fraction of sp³-hybridized carbons (Fsp3) is 0.625. The summed E-state index contributed by atoms with van der Waals surface area (Å²) in [5, 5.41) is 4.19. The SMILES string of the molecule is Cc1nc2ncnn2c(C)c1CCC(=O)N1CCC[C@@H](N)CC1. The minimum absolute atomic E-state index is 0.205. The van der Waals surface area contributed by atoms with Gasteiger partial charge in [0, 0.05) is 36.9 Å². The molecule has 0 aromatic carbocycles. The van der Waals surface area contributed by atoms with Crippen molar-refractivity contribution in [3.63, 3.8) is 0 Å². The molecule has 7 nitrogen and oxygen atoms in total. The third-order valence-corrected chi connectivity index (χ3v) is 4.70. The predicted octanol–water partition coefficient (Wildman–Crippen LogP) is 1.01. The number of amides is 1. The highest BCUT2D eigenvalue weighted by molar-refractivity contribution is 5.76. The Balaban J connectivity index is 1.69. The minimum atomic E-state index is 0.205. The van der Waals surface area contributed by atoms with Gasteiger partial charge in [-0.05, 0) is 45.1 Å². The van der Waals surface area contributed by atoms with E-state index in [0.29, 0.717) is 18.6 Å². The van der Waals surface area contributed by atoms with E-state index in [1.807, 2.05) is 18.7 Å². The van der Waals surface area contributed by atoms with Crippen LogP contribution in [0.2, 0.25) is 0 Å². The number of nitrogens with zero attached hydrogens (tertiary/aromatic N) is 5. The van der Waals surface area contributed by atoms with Crippen LogP contribution in [0.4, 0.5) is 0 Å². The molecule has 1 aliphatic rings. The topological polar surface area (TPSA) is 89.4 Å². The van der Waals surface area contributed by atoms with Crippen LogP contribution < -0.4 is 5.73 Å². The van der Waals surface area contributed by atoms with Crippen molar-refractivity contribution in [2.45, 2.75) is 52.0 Å². The first kappa shape index (κ1) is 15.9. The summed E-state index contributed by atoms with van der Waals surface area (Å²) < 4.78 is 1.73. The van der Waals surface area contributed by atoms with Gasteiger partial charge in [0.15, 0.2) is 0 Å². The molecule has 3 heterocycles. The van der Waals surface area contributed by atoms with E-state index in [0.717, 1.165) is 49.3 Å². The largest absolute Gasteiger partial charge is 0.343 e. The Bertz CT molecular complexity index is 710. The summed E-state index contributed by atoms with van der Waals surface area (Å²) in [6, 6.07) is 0.233. The summed E-state index contributed by atoms with van der Waals surface area (Å²) >= 11 is 0. The number of aromatic nitrogens is 4. The van der Waals surface area contributed by atoms with E-state index in [2.05, 4.69) is 15.1 Å². The highest BCUT2D eigenvalue weighted by Gasteiger charge is 2.19. The van der Waals surface area contributed by atoms with Crippen molar-refractivity contribution < 1.29 is 4.79 Å². The normalized spacial score (nSPS) is 19.1. The monoisotopic (exact) mass is 316 g/mol. The summed E-state index contributed by atoms with van der Waals surface area (Å²) in [6.07, 6.45) is 5.59. The molecular weight excluding hydrogens is 292 g/mol. The highest BCUT2D eigenvalue weighted by atomic mass is 16.2. The van der Waals surface area contributed by atoms with Gasteiger partial charge in [-0.2, -0.15) is 10.1 Å². The molecule has 0 saturated carbocycles. The van der Waals surface area contributed by atoms with Gasteiger partial charge in [-0.25, -0.2) is 9.50 Å². The number of fused-ring (bicyclic) bond motifs is 1.